The molecule has 3 rings (SSSR count). The van der Waals surface area contributed by atoms with Gasteiger partial charge in [0.2, 0.25) is 5.78 Å². The van der Waals surface area contributed by atoms with Gasteiger partial charge in [-0.15, -0.1) is 0 Å². The maximum absolute atomic E-state index is 13.8. The number of hydrogen-bond donors (Lipinski definition) is 4. The standard InChI is InChI=1S/C32H46N2O10/c1-17-12-21-26(36)22(15-32(31(5,6)39)28(21)42-16-43-32)34-29(37)18(2)10-9-11-23(40-7)27(44-30(33)38)20(4)14-19(3)25(35)24(13-17)41-8/h9-11,14-15,17,19,23-25,27,35,39H,12-13,16H2,1-8H3,(H2,33,38)(H,34,37)/b11-9-,18-10+,20-14+/t17-,19+,23?,24+,25-,27+,32?/m1/s1. The molecule has 3 aliphatic rings. The molecule has 5 N–H and O–H groups in total. The van der Waals surface area contributed by atoms with Crippen LogP contribution in [0.25, 0.3) is 0 Å². The van der Waals surface area contributed by atoms with Crippen LogP contribution in [0.4, 0.5) is 4.79 Å². The van der Waals surface area contributed by atoms with Gasteiger partial charge in [-0.3, -0.25) is 9.59 Å². The summed E-state index contributed by atoms with van der Waals surface area (Å²) in [6.45, 7) is 9.93. The summed E-state index contributed by atoms with van der Waals surface area (Å²) in [6.07, 6.45) is 4.11. The molecule has 12 heteroatoms. The largest absolute Gasteiger partial charge is 0.468 e. The predicted octanol–water partition coefficient (Wildman–Crippen LogP) is 2.71. The Morgan fingerprint density at radius 3 is 2.45 bits per heavy atom. The van der Waals surface area contributed by atoms with E-state index in [9.17, 15) is 24.6 Å². The number of fused-ring (bicyclic) bond motifs is 3. The molecule has 7 atom stereocenters. The van der Waals surface area contributed by atoms with Crippen molar-refractivity contribution < 1.29 is 48.3 Å². The van der Waals surface area contributed by atoms with E-state index in [-0.39, 0.29) is 41.7 Å². The summed E-state index contributed by atoms with van der Waals surface area (Å²) in [7, 11) is 2.93. The van der Waals surface area contributed by atoms with Gasteiger partial charge < -0.3 is 44.9 Å². The van der Waals surface area contributed by atoms with Crippen molar-refractivity contribution in [2.45, 2.75) is 90.0 Å². The minimum atomic E-state index is -1.52. The third-order valence-electron chi connectivity index (χ3n) is 8.33. The number of nitrogens with two attached hydrogens (primary N) is 1. The Kier molecular flexibility index (Phi) is 11.4. The second-order valence-electron chi connectivity index (χ2n) is 12.2. The zero-order valence-corrected chi connectivity index (χ0v) is 26.7. The number of aliphatic hydroxyl groups excluding tert-OH is 1. The molecule has 2 heterocycles. The topological polar surface area (TPSA) is 176 Å². The van der Waals surface area contributed by atoms with Gasteiger partial charge in [-0.2, -0.15) is 0 Å². The molecule has 2 unspecified atom stereocenters. The number of aliphatic hydroxyl groups is 2. The summed E-state index contributed by atoms with van der Waals surface area (Å²) in [5, 5.41) is 25.2. The number of primary amides is 1. The Morgan fingerprint density at radius 2 is 1.86 bits per heavy atom. The first-order valence-electron chi connectivity index (χ1n) is 14.6. The van der Waals surface area contributed by atoms with E-state index in [4.69, 9.17) is 29.4 Å². The molecule has 0 aromatic heterocycles. The first kappa shape index (κ1) is 35.2. The second kappa shape index (κ2) is 14.2. The van der Waals surface area contributed by atoms with E-state index >= 15 is 0 Å². The quantitative estimate of drug-likeness (QED) is 0.343. The molecule has 2 aliphatic heterocycles. The summed E-state index contributed by atoms with van der Waals surface area (Å²) < 4.78 is 28.4. The highest BCUT2D eigenvalue weighted by Gasteiger charge is 2.56. The summed E-state index contributed by atoms with van der Waals surface area (Å²) >= 11 is 0. The fourth-order valence-corrected chi connectivity index (χ4v) is 5.82. The molecule has 0 aromatic rings. The number of rotatable bonds is 4. The highest BCUT2D eigenvalue weighted by Crippen LogP contribution is 2.46. The van der Waals surface area contributed by atoms with Crippen LogP contribution in [-0.2, 0) is 33.3 Å². The molecule has 44 heavy (non-hydrogen) atoms. The number of carbonyl (C=O) groups excluding carboxylic acids is 3. The predicted molar refractivity (Wildman–Crippen MR) is 161 cm³/mol. The van der Waals surface area contributed by atoms with Gasteiger partial charge in [0, 0.05) is 31.3 Å². The average molecular weight is 619 g/mol. The first-order valence-corrected chi connectivity index (χ1v) is 14.6. The third-order valence-corrected chi connectivity index (χ3v) is 8.33. The van der Waals surface area contributed by atoms with Crippen LogP contribution in [0, 0.1) is 11.8 Å². The molecule has 1 fully saturated rings. The monoisotopic (exact) mass is 618 g/mol. The van der Waals surface area contributed by atoms with Gasteiger partial charge in [-0.25, -0.2) is 4.79 Å². The van der Waals surface area contributed by atoms with Crippen molar-refractivity contribution >= 4 is 17.8 Å². The van der Waals surface area contributed by atoms with E-state index in [2.05, 4.69) is 5.32 Å². The van der Waals surface area contributed by atoms with Crippen LogP contribution in [0.3, 0.4) is 0 Å². The van der Waals surface area contributed by atoms with Gasteiger partial charge in [-0.05, 0) is 58.1 Å². The van der Waals surface area contributed by atoms with E-state index in [0.29, 0.717) is 12.0 Å². The van der Waals surface area contributed by atoms with Crippen LogP contribution in [0.2, 0.25) is 0 Å². The maximum atomic E-state index is 13.8. The highest BCUT2D eigenvalue weighted by molar-refractivity contribution is 6.13. The molecule has 1 aliphatic carbocycles. The molecule has 12 nitrogen and oxygen atoms in total. The van der Waals surface area contributed by atoms with Crippen molar-refractivity contribution in [3.8, 4) is 0 Å². The number of Topliss-reactive ketones (excluding diaryl/α,β-unsaturated/α-hetero) is 1. The number of hydrogen-bond acceptors (Lipinski definition) is 10. The fraction of sp³-hybridized carbons (Fsp3) is 0.594. The van der Waals surface area contributed by atoms with E-state index < -0.39 is 59.3 Å². The Morgan fingerprint density at radius 1 is 1.18 bits per heavy atom. The molecule has 0 saturated carbocycles. The molecular formula is C32H46N2O10. The summed E-state index contributed by atoms with van der Waals surface area (Å²) in [5.74, 6) is -1.47. The molecule has 2 amide bonds. The number of ketones is 1. The summed E-state index contributed by atoms with van der Waals surface area (Å²) in [5.41, 5.74) is 3.39. The van der Waals surface area contributed by atoms with E-state index in [0.717, 1.165) is 0 Å². The lowest BCUT2D eigenvalue weighted by Gasteiger charge is -2.39. The van der Waals surface area contributed by atoms with Crippen LogP contribution in [0.1, 0.15) is 54.4 Å². The molecule has 0 spiro atoms. The van der Waals surface area contributed by atoms with Gasteiger partial charge in [0.25, 0.3) is 5.91 Å². The van der Waals surface area contributed by atoms with Gasteiger partial charge in [0.05, 0.1) is 23.5 Å². The Hall–Kier alpha value is -3.29. The van der Waals surface area contributed by atoms with Gasteiger partial charge in [-0.1, -0.05) is 38.2 Å². The zero-order chi connectivity index (χ0) is 33.0. The maximum Gasteiger partial charge on any atom is 0.405 e. The van der Waals surface area contributed by atoms with Crippen molar-refractivity contribution in [1.82, 2.24) is 5.32 Å². The number of amides is 2. The minimum absolute atomic E-state index is 0.0512. The lowest BCUT2D eigenvalue weighted by atomic mass is 9.75. The van der Waals surface area contributed by atoms with Crippen molar-refractivity contribution in [2.24, 2.45) is 17.6 Å². The fourth-order valence-electron chi connectivity index (χ4n) is 5.82. The molecule has 2 bridgehead atoms. The van der Waals surface area contributed by atoms with Crippen molar-refractivity contribution in [1.29, 1.82) is 0 Å². The number of methoxy groups -OCH3 is 2. The highest BCUT2D eigenvalue weighted by atomic mass is 16.7. The average Bonchev–Trinajstić information content (AvgIpc) is 3.39. The van der Waals surface area contributed by atoms with Crippen LogP contribution in [0.15, 0.2) is 58.6 Å². The van der Waals surface area contributed by atoms with Gasteiger partial charge in [0.1, 0.15) is 11.9 Å². The zero-order valence-electron chi connectivity index (χ0n) is 26.7. The molecule has 0 radical (unpaired) electrons. The van der Waals surface area contributed by atoms with Crippen molar-refractivity contribution in [3.63, 3.8) is 0 Å². The van der Waals surface area contributed by atoms with Crippen LogP contribution >= 0.6 is 0 Å². The summed E-state index contributed by atoms with van der Waals surface area (Å²) in [4.78, 5) is 38.9. The number of carbonyl (C=O) groups is 3. The molecule has 0 aromatic carbocycles. The normalized spacial score (nSPS) is 35.7. The Bertz CT molecular complexity index is 1270. The van der Waals surface area contributed by atoms with E-state index in [1.165, 1.54) is 26.4 Å². The van der Waals surface area contributed by atoms with Crippen LogP contribution < -0.4 is 11.1 Å². The lowest BCUT2D eigenvalue weighted by Crippen LogP contribution is -2.53. The Labute approximate surface area is 258 Å². The van der Waals surface area contributed by atoms with Crippen molar-refractivity contribution in [3.05, 3.63) is 58.6 Å². The van der Waals surface area contributed by atoms with Crippen LogP contribution in [0.5, 0.6) is 0 Å². The second-order valence-corrected chi connectivity index (χ2v) is 12.2. The first-order chi connectivity index (χ1) is 20.6. The minimum Gasteiger partial charge on any atom is -0.468 e. The smallest absolute Gasteiger partial charge is 0.405 e. The molecule has 244 valence electrons. The molecule has 1 saturated heterocycles. The lowest BCUT2D eigenvalue weighted by molar-refractivity contribution is -0.121. The van der Waals surface area contributed by atoms with Crippen LogP contribution in [-0.4, -0.2) is 84.6 Å². The third kappa shape index (κ3) is 7.49. The number of ether oxygens (including phenoxy) is 5. The number of nitrogens with one attached hydrogen (secondary N) is 1. The molecular weight excluding hydrogens is 572 g/mol. The SMILES string of the molecule is COC1/C=C\C=C(/C)C(=O)NC2=CC3(C(C)(C)O)OCOC3=C(C[C@@H](C)C[C@H](OC)[C@H](O)[C@@H](C)/C=C(\C)[C@@H]1OC(N)=O)C2=O. The van der Waals surface area contributed by atoms with E-state index in [1.807, 2.05) is 13.8 Å². The van der Waals surface area contributed by atoms with Gasteiger partial charge in [0.15, 0.2) is 18.5 Å². The van der Waals surface area contributed by atoms with E-state index in [1.54, 1.807) is 45.9 Å². The Balaban J connectivity index is 2.15. The number of allylic oxidation sites excluding steroid dienone is 3. The summed E-state index contributed by atoms with van der Waals surface area (Å²) in [6, 6.07) is 0. The van der Waals surface area contributed by atoms with Crippen molar-refractivity contribution in [2.75, 3.05) is 21.0 Å². The van der Waals surface area contributed by atoms with Gasteiger partial charge >= 0.3 is 6.09 Å².